The zero-order valence-electron chi connectivity index (χ0n) is 14.8. The maximum Gasteiger partial charge on any atom is 0.263 e. The van der Waals surface area contributed by atoms with Gasteiger partial charge in [0.25, 0.3) is 5.56 Å². The Morgan fingerprint density at radius 3 is 2.52 bits per heavy atom. The van der Waals surface area contributed by atoms with Gasteiger partial charge in [-0.15, -0.1) is 0 Å². The van der Waals surface area contributed by atoms with Crippen molar-refractivity contribution in [2.75, 3.05) is 5.73 Å². The average molecular weight is 336 g/mol. The second-order valence-corrected chi connectivity index (χ2v) is 7.48. The zero-order chi connectivity index (χ0) is 18.6. The van der Waals surface area contributed by atoms with Gasteiger partial charge in [-0.2, -0.15) is 0 Å². The summed E-state index contributed by atoms with van der Waals surface area (Å²) in [6.45, 7) is 1.68. The van der Waals surface area contributed by atoms with Crippen molar-refractivity contribution in [3.63, 3.8) is 0 Å². The minimum atomic E-state index is -1.21. The van der Waals surface area contributed by atoms with Gasteiger partial charge >= 0.3 is 0 Å². The number of aromatic nitrogens is 2. The van der Waals surface area contributed by atoms with Crippen molar-refractivity contribution >= 4 is 51.9 Å². The molecule has 0 saturated carbocycles. The Kier molecular flexibility index (Phi) is 3.81. The van der Waals surface area contributed by atoms with Crippen LogP contribution in [0.1, 0.15) is 18.7 Å². The van der Waals surface area contributed by atoms with Crippen LogP contribution in [0.5, 0.6) is 0 Å². The monoisotopic (exact) mass is 336 g/mol. The first-order chi connectivity index (χ1) is 11.6. The van der Waals surface area contributed by atoms with Crippen LogP contribution in [0.2, 0.25) is 5.21 Å². The van der Waals surface area contributed by atoms with E-state index in [1.165, 1.54) is 4.57 Å². The van der Waals surface area contributed by atoms with Crippen LogP contribution in [0.4, 0.5) is 5.69 Å². The number of hydrogen-bond acceptors (Lipinski definition) is 5. The SMILES string of the molecule is BC1(B)CC[C@](B)(n2c(C)nc3cccc(N)c3c2=O)C(=O)NC1=O. The quantitative estimate of drug-likeness (QED) is 0.337. The Morgan fingerprint density at radius 1 is 1.16 bits per heavy atom. The number of nitrogen functional groups attached to an aromatic ring is 1. The molecule has 126 valence electrons. The van der Waals surface area contributed by atoms with Crippen molar-refractivity contribution in [2.24, 2.45) is 0 Å². The lowest BCUT2D eigenvalue weighted by atomic mass is 9.51. The molecule has 1 aliphatic heterocycles. The van der Waals surface area contributed by atoms with Crippen molar-refractivity contribution in [3.05, 3.63) is 34.4 Å². The highest BCUT2D eigenvalue weighted by molar-refractivity contribution is 6.52. The Morgan fingerprint density at radius 2 is 1.84 bits per heavy atom. The number of carbonyl (C=O) groups is 2. The van der Waals surface area contributed by atoms with E-state index in [0.29, 0.717) is 29.9 Å². The summed E-state index contributed by atoms with van der Waals surface area (Å²) in [5.74, 6) is -0.419. The highest BCUT2D eigenvalue weighted by Gasteiger charge is 2.45. The third-order valence-corrected chi connectivity index (χ3v) is 5.16. The largest absolute Gasteiger partial charge is 0.398 e. The molecule has 1 fully saturated rings. The summed E-state index contributed by atoms with van der Waals surface area (Å²) in [6, 6.07) is 5.08. The summed E-state index contributed by atoms with van der Waals surface area (Å²) in [7, 11) is 5.24. The molecule has 1 atom stereocenters. The molecular weight excluding hydrogens is 317 g/mol. The molecule has 0 radical (unpaired) electrons. The van der Waals surface area contributed by atoms with E-state index in [-0.39, 0.29) is 16.9 Å². The summed E-state index contributed by atoms with van der Waals surface area (Å²) in [5.41, 5.74) is 5.20. The van der Waals surface area contributed by atoms with Crippen molar-refractivity contribution in [2.45, 2.75) is 30.4 Å². The van der Waals surface area contributed by atoms with Gasteiger partial charge in [-0.3, -0.25) is 24.3 Å². The molecule has 1 aromatic carbocycles. The van der Waals surface area contributed by atoms with Crippen LogP contribution in [-0.4, -0.2) is 44.9 Å². The highest BCUT2D eigenvalue weighted by atomic mass is 16.2. The minimum Gasteiger partial charge on any atom is -0.398 e. The molecule has 1 aliphatic rings. The molecular formula is C15H19B3N4O3. The number of aryl methyl sites for hydroxylation is 1. The van der Waals surface area contributed by atoms with Crippen LogP contribution < -0.4 is 16.6 Å². The number of amides is 2. The number of nitrogens with two attached hydrogens (primary N) is 1. The molecule has 10 heteroatoms. The molecule has 0 aliphatic carbocycles. The molecule has 1 aromatic heterocycles. The first-order valence-corrected chi connectivity index (χ1v) is 8.22. The van der Waals surface area contributed by atoms with Crippen molar-refractivity contribution in [1.29, 1.82) is 0 Å². The summed E-state index contributed by atoms with van der Waals surface area (Å²) in [6.07, 6.45) is 0.813. The third kappa shape index (κ3) is 2.56. The normalized spacial score (nSPS) is 23.2. The van der Waals surface area contributed by atoms with Gasteiger partial charge in [0.15, 0.2) is 0 Å². The first kappa shape index (κ1) is 17.3. The Balaban J connectivity index is 2.28. The topological polar surface area (TPSA) is 107 Å². The van der Waals surface area contributed by atoms with Gasteiger partial charge in [-0.25, -0.2) is 4.98 Å². The number of nitrogens with one attached hydrogen (secondary N) is 1. The second kappa shape index (κ2) is 5.51. The predicted molar refractivity (Wildman–Crippen MR) is 104 cm³/mol. The van der Waals surface area contributed by atoms with E-state index >= 15 is 0 Å². The van der Waals surface area contributed by atoms with Gasteiger partial charge in [0.05, 0.1) is 16.3 Å². The second-order valence-electron chi connectivity index (χ2n) is 7.48. The third-order valence-electron chi connectivity index (χ3n) is 5.16. The average Bonchev–Trinajstić information content (AvgIpc) is 2.58. The van der Waals surface area contributed by atoms with E-state index in [9.17, 15) is 14.4 Å². The van der Waals surface area contributed by atoms with Crippen LogP contribution >= 0.6 is 0 Å². The summed E-state index contributed by atoms with van der Waals surface area (Å²) in [5, 5.41) is 2.04. The lowest BCUT2D eigenvalue weighted by Gasteiger charge is -2.31. The zero-order valence-corrected chi connectivity index (χ0v) is 14.8. The van der Waals surface area contributed by atoms with E-state index in [1.54, 1.807) is 48.7 Å². The summed E-state index contributed by atoms with van der Waals surface area (Å²) >= 11 is 0. The molecule has 7 nitrogen and oxygen atoms in total. The number of fused-ring (bicyclic) bond motifs is 1. The number of anilines is 1. The van der Waals surface area contributed by atoms with E-state index in [0.717, 1.165) is 0 Å². The fourth-order valence-electron chi connectivity index (χ4n) is 3.35. The fraction of sp³-hybridized carbons (Fsp3) is 0.333. The maximum atomic E-state index is 13.2. The minimum absolute atomic E-state index is 0.289. The molecule has 2 heterocycles. The molecule has 2 amide bonds. The first-order valence-electron chi connectivity index (χ1n) is 8.22. The number of nitrogens with zero attached hydrogens (tertiary/aromatic N) is 2. The van der Waals surface area contributed by atoms with E-state index < -0.39 is 16.6 Å². The number of carbonyl (C=O) groups excluding carboxylic acids is 2. The molecule has 1 saturated heterocycles. The molecule has 3 N–H and O–H groups in total. The van der Waals surface area contributed by atoms with Gasteiger partial charge in [0.1, 0.15) is 29.4 Å². The number of benzene rings is 1. The van der Waals surface area contributed by atoms with Crippen LogP contribution in [0.25, 0.3) is 10.9 Å². The van der Waals surface area contributed by atoms with Gasteiger partial charge in [0.2, 0.25) is 11.8 Å². The van der Waals surface area contributed by atoms with Crippen LogP contribution in [0, 0.1) is 6.92 Å². The van der Waals surface area contributed by atoms with Crippen molar-refractivity contribution in [3.8, 4) is 0 Å². The lowest BCUT2D eigenvalue weighted by Crippen LogP contribution is -2.54. The number of rotatable bonds is 1. The Bertz CT molecular complexity index is 972. The van der Waals surface area contributed by atoms with Gasteiger partial charge < -0.3 is 5.73 Å². The molecule has 0 unspecified atom stereocenters. The summed E-state index contributed by atoms with van der Waals surface area (Å²) in [4.78, 5) is 42.7. The molecule has 25 heavy (non-hydrogen) atoms. The molecule has 3 rings (SSSR count). The van der Waals surface area contributed by atoms with Crippen LogP contribution in [0.15, 0.2) is 23.0 Å². The molecule has 0 spiro atoms. The van der Waals surface area contributed by atoms with Crippen LogP contribution in [-0.2, 0) is 15.0 Å². The van der Waals surface area contributed by atoms with E-state index in [1.807, 2.05) is 0 Å². The van der Waals surface area contributed by atoms with Gasteiger partial charge in [-0.05, 0) is 30.7 Å². The molecule has 2 aromatic rings. The van der Waals surface area contributed by atoms with Gasteiger partial charge in [-0.1, -0.05) is 12.5 Å². The smallest absolute Gasteiger partial charge is 0.263 e. The summed E-state index contributed by atoms with van der Waals surface area (Å²) < 4.78 is 1.37. The Hall–Kier alpha value is -2.51. The van der Waals surface area contributed by atoms with Crippen LogP contribution in [0.3, 0.4) is 0 Å². The number of hydrogen-bond donors (Lipinski definition) is 2. The fourth-order valence-corrected chi connectivity index (χ4v) is 3.35. The standard InChI is InChI=1S/C15H19B3N4O3/c1-7-20-9-4-2-3-8(19)10(9)11(23)22(7)15(18)6-5-14(16,17)12(24)21-13(15)25/h2-4H,5-6,16-19H2,1H3,(H,21,24,25)/t15-/m0/s1. The van der Waals surface area contributed by atoms with Crippen molar-refractivity contribution in [1.82, 2.24) is 14.9 Å². The predicted octanol–water partition coefficient (Wildman–Crippen LogP) is -2.61. The lowest BCUT2D eigenvalue weighted by molar-refractivity contribution is -0.132. The maximum absolute atomic E-state index is 13.2. The van der Waals surface area contributed by atoms with Gasteiger partial charge in [0, 0.05) is 5.69 Å². The van der Waals surface area contributed by atoms with E-state index in [2.05, 4.69) is 10.3 Å². The van der Waals surface area contributed by atoms with E-state index in [4.69, 9.17) is 5.73 Å². The number of imide groups is 1. The highest BCUT2D eigenvalue weighted by Crippen LogP contribution is 2.33. The Labute approximate surface area is 147 Å². The molecule has 0 bridgehead atoms. The van der Waals surface area contributed by atoms with Crippen molar-refractivity contribution < 1.29 is 9.59 Å².